The second kappa shape index (κ2) is 10.3. The van der Waals surface area contributed by atoms with Crippen LogP contribution in [0.25, 0.3) is 22.3 Å². The van der Waals surface area contributed by atoms with E-state index in [-0.39, 0.29) is 23.0 Å². The van der Waals surface area contributed by atoms with Gasteiger partial charge in [0.25, 0.3) is 5.97 Å². The van der Waals surface area contributed by atoms with E-state index in [1.807, 2.05) is 48.5 Å². The average Bonchev–Trinajstić information content (AvgIpc) is 3.41. The Labute approximate surface area is 170 Å². The van der Waals surface area contributed by atoms with Crippen LogP contribution in [0.15, 0.2) is 103 Å². The summed E-state index contributed by atoms with van der Waals surface area (Å²) in [5, 5.41) is 0. The molecule has 0 bridgehead atoms. The van der Waals surface area contributed by atoms with Crippen LogP contribution < -0.4 is 0 Å². The summed E-state index contributed by atoms with van der Waals surface area (Å²) in [5.74, 6) is -0.293. The van der Waals surface area contributed by atoms with E-state index in [9.17, 15) is 4.79 Å². The van der Waals surface area contributed by atoms with Gasteiger partial charge in [-0.25, -0.2) is 0 Å². The van der Waals surface area contributed by atoms with Crippen LogP contribution in [0.5, 0.6) is 0 Å². The first-order valence-corrected chi connectivity index (χ1v) is 8.46. The van der Waals surface area contributed by atoms with Gasteiger partial charge in [0.15, 0.2) is 0 Å². The zero-order valence-electron chi connectivity index (χ0n) is 15.0. The summed E-state index contributed by atoms with van der Waals surface area (Å²) in [7, 11) is 1.39. The molecule has 27 heavy (non-hydrogen) atoms. The van der Waals surface area contributed by atoms with Crippen LogP contribution >= 0.6 is 0 Å². The maximum atomic E-state index is 11.4. The van der Waals surface area contributed by atoms with Gasteiger partial charge in [0.05, 0.1) is 7.11 Å². The Hall–Kier alpha value is -2.87. The molecule has 0 N–H and O–H groups in total. The van der Waals surface area contributed by atoms with Gasteiger partial charge in [-0.3, -0.25) is 4.79 Å². The molecule has 0 aromatic heterocycles. The normalized spacial score (nSPS) is 9.52. The molecule has 4 aromatic rings. The van der Waals surface area contributed by atoms with Crippen LogP contribution in [0.2, 0.25) is 0 Å². The van der Waals surface area contributed by atoms with Crippen molar-refractivity contribution in [2.24, 2.45) is 0 Å². The summed E-state index contributed by atoms with van der Waals surface area (Å²) in [4.78, 5) is 11.4. The molecular weight excluding hydrogens is 376 g/mol. The molecule has 0 spiro atoms. The molecule has 142 valence electrons. The van der Waals surface area contributed by atoms with Crippen molar-refractivity contribution in [3.05, 3.63) is 109 Å². The average molecular weight is 396 g/mol. The molecule has 0 saturated heterocycles. The van der Waals surface area contributed by atoms with Gasteiger partial charge in [-0.05, 0) is 5.56 Å². The Morgan fingerprint density at radius 2 is 1.44 bits per heavy atom. The van der Waals surface area contributed by atoms with E-state index in [2.05, 4.69) is 48.5 Å². The number of hydrogen-bond acceptors (Lipinski definition) is 2. The van der Waals surface area contributed by atoms with Crippen LogP contribution in [0.4, 0.5) is 0 Å². The molecule has 4 rings (SSSR count). The summed E-state index contributed by atoms with van der Waals surface area (Å²) in [6, 6.07) is 34.1. The third-order valence-electron chi connectivity index (χ3n) is 4.08. The van der Waals surface area contributed by atoms with E-state index in [1.165, 1.54) is 18.2 Å². The van der Waals surface area contributed by atoms with E-state index in [0.717, 1.165) is 11.1 Å². The maximum Gasteiger partial charge on any atom is 0.294 e. The number of methoxy groups -OCH3 is 1. The molecule has 3 heteroatoms. The van der Waals surface area contributed by atoms with E-state index < -0.39 is 0 Å². The predicted molar refractivity (Wildman–Crippen MR) is 106 cm³/mol. The molecule has 0 saturated carbocycles. The molecule has 0 radical (unpaired) electrons. The third kappa shape index (κ3) is 5.30. The first-order valence-electron chi connectivity index (χ1n) is 8.46. The van der Waals surface area contributed by atoms with E-state index in [4.69, 9.17) is 4.74 Å². The topological polar surface area (TPSA) is 26.3 Å². The fourth-order valence-corrected chi connectivity index (χ4v) is 2.77. The summed E-state index contributed by atoms with van der Waals surface area (Å²) < 4.78 is 4.72. The molecule has 0 aliphatic rings. The molecule has 4 aromatic carbocycles. The Bertz CT molecular complexity index is 923. The molecule has 0 atom stereocenters. The van der Waals surface area contributed by atoms with Gasteiger partial charge < -0.3 is 52.3 Å². The van der Waals surface area contributed by atoms with Crippen LogP contribution in [-0.4, -0.2) is 13.1 Å². The largest absolute Gasteiger partial charge is 0.642 e. The summed E-state index contributed by atoms with van der Waals surface area (Å²) >= 11 is 0. The van der Waals surface area contributed by atoms with Gasteiger partial charge in [-0.2, -0.15) is 24.3 Å². The Balaban J connectivity index is 0.000000194. The van der Waals surface area contributed by atoms with Crippen LogP contribution in [0.1, 0.15) is 10.4 Å². The van der Waals surface area contributed by atoms with E-state index >= 15 is 0 Å². The van der Waals surface area contributed by atoms with Gasteiger partial charge in [-0.1, -0.05) is 35.9 Å². The zero-order valence-corrected chi connectivity index (χ0v) is 16.1. The minimum absolute atomic E-state index is 0. The quantitative estimate of drug-likeness (QED) is 0.244. The van der Waals surface area contributed by atoms with Crippen molar-refractivity contribution in [3.8, 4) is 22.3 Å². The predicted octanol–water partition coefficient (Wildman–Crippen LogP) is 5.93. The molecule has 0 amide bonds. The van der Waals surface area contributed by atoms with Crippen molar-refractivity contribution in [2.75, 3.05) is 7.11 Å². The number of carbonyl (C=O) groups is 1. The number of ether oxygens (including phenoxy) is 1. The number of hydrogen-bond donors (Lipinski definition) is 0. The van der Waals surface area contributed by atoms with E-state index in [1.54, 1.807) is 6.07 Å². The molecule has 0 fully saturated rings. The zero-order chi connectivity index (χ0) is 18.2. The van der Waals surface area contributed by atoms with E-state index in [0.29, 0.717) is 5.56 Å². The van der Waals surface area contributed by atoms with Crippen molar-refractivity contribution < 1.29 is 26.6 Å². The van der Waals surface area contributed by atoms with Gasteiger partial charge in [0, 0.05) is 17.1 Å². The Kier molecular flexibility index (Phi) is 7.81. The summed E-state index contributed by atoms with van der Waals surface area (Å²) in [6.07, 6.45) is 0. The minimum Gasteiger partial charge on any atom is -0.642 e. The summed E-state index contributed by atoms with van der Waals surface area (Å²) in [5.41, 5.74) is 5.15. The van der Waals surface area contributed by atoms with Crippen LogP contribution in [0, 0.1) is 0 Å². The first kappa shape index (κ1) is 20.4. The molecule has 0 heterocycles. The van der Waals surface area contributed by atoms with Gasteiger partial charge in [0.1, 0.15) is 0 Å². The molecule has 2 nitrogen and oxygen atoms in total. The van der Waals surface area contributed by atoms with Crippen molar-refractivity contribution >= 4 is 5.97 Å². The molecular formula is C24H20FeO2-6. The van der Waals surface area contributed by atoms with Crippen LogP contribution in [0.3, 0.4) is 0 Å². The maximum absolute atomic E-state index is 11.4. The number of carbonyl (C=O) groups excluding carboxylic acids is 1. The standard InChI is InChI=1S/C13H11O2.C11H9.Fe/c1-15-13(14)12-9-5-8-11(12)10-6-3-2-4-7-10;1-2-6-10(7-3-1)11-8-4-5-9-11;/h2-9H,1H3;1-9H;/q-1;-5;. The second-order valence-electron chi connectivity index (χ2n) is 5.75. The van der Waals surface area contributed by atoms with Gasteiger partial charge in [0.2, 0.25) is 0 Å². The third-order valence-corrected chi connectivity index (χ3v) is 4.08. The number of benzene rings is 2. The number of esters is 1. The molecule has 0 aliphatic carbocycles. The van der Waals surface area contributed by atoms with Crippen molar-refractivity contribution in [1.82, 2.24) is 0 Å². The van der Waals surface area contributed by atoms with Crippen molar-refractivity contribution in [3.63, 3.8) is 0 Å². The first-order chi connectivity index (χ1) is 12.8. The SMILES string of the molecule is COC(=O)[c-]1cccc1-c1ccccc1.[Fe].c1ccc(-[c-]2[cH-][cH-][cH-][cH-]2)cc1. The Morgan fingerprint density at radius 1 is 0.852 bits per heavy atom. The minimum atomic E-state index is -0.293. The van der Waals surface area contributed by atoms with Crippen molar-refractivity contribution in [2.45, 2.75) is 0 Å². The fourth-order valence-electron chi connectivity index (χ4n) is 2.77. The molecule has 0 unspecified atom stereocenters. The van der Waals surface area contributed by atoms with Gasteiger partial charge >= 0.3 is 0 Å². The summed E-state index contributed by atoms with van der Waals surface area (Å²) in [6.45, 7) is 0. The van der Waals surface area contributed by atoms with Gasteiger partial charge in [-0.15, -0.1) is 17.7 Å². The smallest absolute Gasteiger partial charge is 0.294 e. The monoisotopic (exact) mass is 396 g/mol. The van der Waals surface area contributed by atoms with Crippen molar-refractivity contribution in [1.29, 1.82) is 0 Å². The Morgan fingerprint density at radius 3 is 2.04 bits per heavy atom. The second-order valence-corrected chi connectivity index (χ2v) is 5.75. The molecule has 0 aliphatic heterocycles. The number of rotatable bonds is 3. The van der Waals surface area contributed by atoms with Crippen LogP contribution in [-0.2, 0) is 21.8 Å². The fraction of sp³-hybridized carbons (Fsp3) is 0.0417.